The Balaban J connectivity index is 1.94. The molecule has 0 heterocycles. The lowest BCUT2D eigenvalue weighted by molar-refractivity contribution is -0.885. The second-order valence-electron chi connectivity index (χ2n) is 6.45. The van der Waals surface area contributed by atoms with Crippen molar-refractivity contribution in [2.75, 3.05) is 26.0 Å². The van der Waals surface area contributed by atoms with Crippen molar-refractivity contribution in [2.24, 2.45) is 0 Å². The topological polar surface area (TPSA) is 62.6 Å². The molecule has 2 aromatic carbocycles. The van der Waals surface area contributed by atoms with Crippen LogP contribution in [0.4, 0.5) is 5.69 Å². The number of benzene rings is 2. The minimum atomic E-state index is -0.173. The van der Waals surface area contributed by atoms with Crippen molar-refractivity contribution >= 4 is 17.5 Å². The van der Waals surface area contributed by atoms with Gasteiger partial charge in [-0.05, 0) is 37.6 Å². The van der Waals surface area contributed by atoms with Crippen LogP contribution in [0.2, 0.25) is 0 Å². The molecule has 132 valence electrons. The van der Waals surface area contributed by atoms with Crippen LogP contribution < -0.4 is 15.5 Å². The van der Waals surface area contributed by atoms with E-state index in [1.807, 2.05) is 7.05 Å². The Kier molecular flexibility index (Phi) is 6.31. The maximum absolute atomic E-state index is 12.3. The van der Waals surface area contributed by atoms with Gasteiger partial charge < -0.3 is 15.5 Å². The first-order valence-electron chi connectivity index (χ1n) is 8.38. The largest absolute Gasteiger partial charge is 0.355 e. The van der Waals surface area contributed by atoms with Gasteiger partial charge in [-0.25, -0.2) is 0 Å². The molecular formula is C20H26N3O2+. The van der Waals surface area contributed by atoms with Crippen molar-refractivity contribution in [3.05, 3.63) is 64.7 Å². The lowest BCUT2D eigenvalue weighted by Gasteiger charge is -2.16. The maximum atomic E-state index is 12.3. The van der Waals surface area contributed by atoms with Crippen molar-refractivity contribution in [3.8, 4) is 0 Å². The van der Waals surface area contributed by atoms with E-state index in [9.17, 15) is 9.59 Å². The smallest absolute Gasteiger partial charge is 0.279 e. The van der Waals surface area contributed by atoms with E-state index in [0.717, 1.165) is 11.4 Å². The predicted molar refractivity (Wildman–Crippen MR) is 99.8 cm³/mol. The number of likely N-dealkylation sites (N-methyl/N-ethyl adjacent to an activating group) is 1. The summed E-state index contributed by atoms with van der Waals surface area (Å²) in [6.07, 6.45) is 0. The van der Waals surface area contributed by atoms with Gasteiger partial charge in [0.15, 0.2) is 6.54 Å². The Morgan fingerprint density at radius 1 is 1.08 bits per heavy atom. The highest BCUT2D eigenvalue weighted by molar-refractivity contribution is 5.97. The normalized spacial score (nSPS) is 11.7. The molecule has 1 unspecified atom stereocenters. The molecular weight excluding hydrogens is 314 g/mol. The zero-order chi connectivity index (χ0) is 18.4. The molecule has 0 saturated carbocycles. The molecule has 0 aliphatic carbocycles. The van der Waals surface area contributed by atoms with E-state index in [1.165, 1.54) is 16.7 Å². The van der Waals surface area contributed by atoms with Gasteiger partial charge in [0.2, 0.25) is 0 Å². The minimum Gasteiger partial charge on any atom is -0.355 e. The summed E-state index contributed by atoms with van der Waals surface area (Å²) < 4.78 is 0. The van der Waals surface area contributed by atoms with Crippen molar-refractivity contribution in [3.63, 3.8) is 0 Å². The fraction of sp³-hybridized carbons (Fsp3) is 0.300. The number of amides is 2. The van der Waals surface area contributed by atoms with Crippen LogP contribution in [0.15, 0.2) is 42.5 Å². The molecule has 0 saturated heterocycles. The second-order valence-corrected chi connectivity index (χ2v) is 6.45. The first-order chi connectivity index (χ1) is 11.9. The number of nitrogens with one attached hydrogen (secondary N) is 3. The SMILES string of the molecule is CNC(=O)c1cccc(NC(=O)C[NH+](C)Cc2ccc(C)cc2C)c1. The van der Waals surface area contributed by atoms with Gasteiger partial charge in [0.05, 0.1) is 7.05 Å². The van der Waals surface area contributed by atoms with Gasteiger partial charge in [-0.2, -0.15) is 0 Å². The standard InChI is InChI=1S/C20H25N3O2/c1-14-8-9-17(15(2)10-14)12-23(4)13-19(24)22-18-7-5-6-16(11-18)20(25)21-3/h5-11H,12-13H2,1-4H3,(H,21,25)(H,22,24)/p+1. The number of carbonyl (C=O) groups excluding carboxylic acids is 2. The van der Waals surface area contributed by atoms with E-state index < -0.39 is 0 Å². The predicted octanol–water partition coefficient (Wildman–Crippen LogP) is 1.32. The van der Waals surface area contributed by atoms with Gasteiger partial charge in [-0.3, -0.25) is 9.59 Å². The molecule has 1 atom stereocenters. The highest BCUT2D eigenvalue weighted by Crippen LogP contribution is 2.11. The molecule has 0 fully saturated rings. The number of carbonyl (C=O) groups is 2. The van der Waals surface area contributed by atoms with Gasteiger partial charge in [0.1, 0.15) is 6.54 Å². The van der Waals surface area contributed by atoms with Crippen LogP contribution in [0, 0.1) is 13.8 Å². The van der Waals surface area contributed by atoms with Crippen LogP contribution in [-0.2, 0) is 11.3 Å². The van der Waals surface area contributed by atoms with Gasteiger partial charge >= 0.3 is 0 Å². The average Bonchev–Trinajstić information content (AvgIpc) is 2.56. The summed E-state index contributed by atoms with van der Waals surface area (Å²) in [7, 11) is 3.58. The molecule has 5 nitrogen and oxygen atoms in total. The highest BCUT2D eigenvalue weighted by atomic mass is 16.2. The molecule has 0 spiro atoms. The summed E-state index contributed by atoms with van der Waals surface area (Å²) in [6, 6.07) is 13.3. The number of hydrogen-bond donors (Lipinski definition) is 3. The summed E-state index contributed by atoms with van der Waals surface area (Å²) in [5, 5.41) is 5.44. The van der Waals surface area contributed by atoms with Crippen molar-refractivity contribution in [1.82, 2.24) is 5.32 Å². The fourth-order valence-corrected chi connectivity index (χ4v) is 2.79. The molecule has 0 bridgehead atoms. The Morgan fingerprint density at radius 3 is 2.52 bits per heavy atom. The monoisotopic (exact) mass is 340 g/mol. The molecule has 2 aromatic rings. The average molecular weight is 340 g/mol. The Hall–Kier alpha value is -2.66. The number of rotatable bonds is 6. The van der Waals surface area contributed by atoms with Gasteiger partial charge in [-0.1, -0.05) is 29.8 Å². The van der Waals surface area contributed by atoms with E-state index in [-0.39, 0.29) is 11.8 Å². The van der Waals surface area contributed by atoms with Crippen molar-refractivity contribution in [1.29, 1.82) is 0 Å². The summed E-state index contributed by atoms with van der Waals surface area (Å²) >= 11 is 0. The molecule has 0 aliphatic heterocycles. The summed E-state index contributed by atoms with van der Waals surface area (Å²) in [6.45, 7) is 5.32. The molecule has 0 aromatic heterocycles. The lowest BCUT2D eigenvalue weighted by Crippen LogP contribution is -3.08. The zero-order valence-electron chi connectivity index (χ0n) is 15.3. The highest BCUT2D eigenvalue weighted by Gasteiger charge is 2.13. The van der Waals surface area contributed by atoms with E-state index in [0.29, 0.717) is 17.8 Å². The van der Waals surface area contributed by atoms with Crippen LogP contribution in [0.3, 0.4) is 0 Å². The van der Waals surface area contributed by atoms with Gasteiger partial charge in [0.25, 0.3) is 11.8 Å². The lowest BCUT2D eigenvalue weighted by atomic mass is 10.1. The summed E-state index contributed by atoms with van der Waals surface area (Å²) in [4.78, 5) is 25.0. The molecule has 2 rings (SSSR count). The molecule has 25 heavy (non-hydrogen) atoms. The second kappa shape index (κ2) is 8.44. The molecule has 0 radical (unpaired) electrons. The fourth-order valence-electron chi connectivity index (χ4n) is 2.79. The third-order valence-corrected chi connectivity index (χ3v) is 4.09. The van der Waals surface area contributed by atoms with Gasteiger partial charge in [0, 0.05) is 23.9 Å². The van der Waals surface area contributed by atoms with Gasteiger partial charge in [-0.15, -0.1) is 0 Å². The molecule has 3 N–H and O–H groups in total. The Morgan fingerprint density at radius 2 is 1.84 bits per heavy atom. The van der Waals surface area contributed by atoms with E-state index >= 15 is 0 Å². The van der Waals surface area contributed by atoms with Crippen LogP contribution >= 0.6 is 0 Å². The van der Waals surface area contributed by atoms with E-state index in [1.54, 1.807) is 31.3 Å². The first kappa shape index (κ1) is 18.7. The van der Waals surface area contributed by atoms with Crippen LogP contribution in [0.25, 0.3) is 0 Å². The number of quaternary nitrogens is 1. The Labute approximate surface area is 149 Å². The maximum Gasteiger partial charge on any atom is 0.279 e. The molecule has 2 amide bonds. The summed E-state index contributed by atoms with van der Waals surface area (Å²) in [5.41, 5.74) is 4.89. The number of hydrogen-bond acceptors (Lipinski definition) is 2. The third kappa shape index (κ3) is 5.43. The minimum absolute atomic E-state index is 0.0729. The van der Waals surface area contributed by atoms with Crippen molar-refractivity contribution < 1.29 is 14.5 Å². The third-order valence-electron chi connectivity index (χ3n) is 4.09. The van der Waals surface area contributed by atoms with Crippen LogP contribution in [-0.4, -0.2) is 32.5 Å². The van der Waals surface area contributed by atoms with Crippen LogP contribution in [0.5, 0.6) is 0 Å². The number of aryl methyl sites for hydroxylation is 2. The first-order valence-corrected chi connectivity index (χ1v) is 8.38. The van der Waals surface area contributed by atoms with Crippen molar-refractivity contribution in [2.45, 2.75) is 20.4 Å². The molecule has 0 aliphatic rings. The van der Waals surface area contributed by atoms with E-state index in [4.69, 9.17) is 0 Å². The quantitative estimate of drug-likeness (QED) is 0.743. The zero-order valence-corrected chi connectivity index (χ0v) is 15.3. The van der Waals surface area contributed by atoms with E-state index in [2.05, 4.69) is 42.7 Å². The number of anilines is 1. The summed E-state index contributed by atoms with van der Waals surface area (Å²) in [5.74, 6) is -0.245. The van der Waals surface area contributed by atoms with Crippen LogP contribution in [0.1, 0.15) is 27.0 Å². The Bertz CT molecular complexity index is 771. The molecule has 5 heteroatoms.